The molecule has 3 aliphatic rings. The molecule has 4 unspecified atom stereocenters. The summed E-state index contributed by atoms with van der Waals surface area (Å²) < 4.78 is 15.8. The molecular weight excluding hydrogens is 288 g/mol. The molecule has 0 radical (unpaired) electrons. The molecule has 2 saturated carbocycles. The van der Waals surface area contributed by atoms with Gasteiger partial charge < -0.3 is 14.2 Å². The minimum absolute atomic E-state index is 0.0335. The lowest BCUT2D eigenvalue weighted by atomic mass is 9.86. The largest absolute Gasteiger partial charge is 0.458 e. The molecule has 1 aliphatic heterocycles. The van der Waals surface area contributed by atoms with E-state index in [0.717, 1.165) is 6.42 Å². The van der Waals surface area contributed by atoms with E-state index in [1.807, 2.05) is 0 Å². The van der Waals surface area contributed by atoms with Crippen molar-refractivity contribution in [3.05, 3.63) is 24.3 Å². The summed E-state index contributed by atoms with van der Waals surface area (Å²) in [5.41, 5.74) is -0.572. The average molecular weight is 306 g/mol. The van der Waals surface area contributed by atoms with Crippen LogP contribution in [-0.2, 0) is 28.6 Å². The molecule has 0 N–H and O–H groups in total. The summed E-state index contributed by atoms with van der Waals surface area (Å²) in [5, 5.41) is 0. The molecule has 0 aromatic carbocycles. The van der Waals surface area contributed by atoms with Crippen molar-refractivity contribution in [2.75, 3.05) is 6.61 Å². The summed E-state index contributed by atoms with van der Waals surface area (Å²) in [6.07, 6.45) is 1.75. The Morgan fingerprint density at radius 2 is 2.05 bits per heavy atom. The van der Waals surface area contributed by atoms with Crippen LogP contribution in [0.3, 0.4) is 0 Å². The molecule has 118 valence electrons. The van der Waals surface area contributed by atoms with Crippen molar-refractivity contribution in [3.8, 4) is 0 Å². The number of rotatable bonds is 5. The summed E-state index contributed by atoms with van der Waals surface area (Å²) in [6, 6.07) is 0. The van der Waals surface area contributed by atoms with Crippen LogP contribution < -0.4 is 0 Å². The first-order valence-electron chi connectivity index (χ1n) is 7.27. The first-order valence-corrected chi connectivity index (χ1v) is 7.27. The van der Waals surface area contributed by atoms with Crippen LogP contribution in [0.1, 0.15) is 26.2 Å². The van der Waals surface area contributed by atoms with E-state index in [4.69, 9.17) is 14.2 Å². The van der Waals surface area contributed by atoms with Crippen LogP contribution in [0.2, 0.25) is 0 Å². The Morgan fingerprint density at radius 3 is 2.68 bits per heavy atom. The predicted octanol–water partition coefficient (Wildman–Crippen LogP) is 1.30. The van der Waals surface area contributed by atoms with E-state index in [2.05, 4.69) is 13.2 Å². The van der Waals surface area contributed by atoms with Crippen LogP contribution in [0.5, 0.6) is 0 Å². The van der Waals surface area contributed by atoms with Gasteiger partial charge in [0.2, 0.25) is 0 Å². The fraction of sp³-hybridized carbons (Fsp3) is 0.562. The highest BCUT2D eigenvalue weighted by Gasteiger charge is 2.70. The van der Waals surface area contributed by atoms with Crippen LogP contribution in [0.15, 0.2) is 24.3 Å². The second kappa shape index (κ2) is 4.97. The van der Waals surface area contributed by atoms with Gasteiger partial charge in [0.1, 0.15) is 18.6 Å². The van der Waals surface area contributed by atoms with Crippen LogP contribution in [-0.4, -0.2) is 36.2 Å². The topological polar surface area (TPSA) is 78.9 Å². The van der Waals surface area contributed by atoms with E-state index in [-0.39, 0.29) is 35.7 Å². The fourth-order valence-electron chi connectivity index (χ4n) is 3.67. The highest BCUT2D eigenvalue weighted by molar-refractivity contribution is 5.91. The summed E-state index contributed by atoms with van der Waals surface area (Å²) in [4.78, 5) is 35.3. The number of hydrogen-bond acceptors (Lipinski definition) is 6. The van der Waals surface area contributed by atoms with Gasteiger partial charge in [-0.25, -0.2) is 9.59 Å². The summed E-state index contributed by atoms with van der Waals surface area (Å²) >= 11 is 0. The van der Waals surface area contributed by atoms with Gasteiger partial charge in [0, 0.05) is 5.57 Å². The molecule has 3 fully saturated rings. The van der Waals surface area contributed by atoms with Crippen molar-refractivity contribution in [1.29, 1.82) is 0 Å². The van der Waals surface area contributed by atoms with E-state index in [9.17, 15) is 14.4 Å². The zero-order chi connectivity index (χ0) is 16.1. The van der Waals surface area contributed by atoms with E-state index >= 15 is 0 Å². The van der Waals surface area contributed by atoms with Gasteiger partial charge in [-0.3, -0.25) is 4.79 Å². The molecule has 1 heterocycles. The SMILES string of the molecule is C=C(C)C(=O)OCC(=C)C(=O)OC12CC3CC1OC(=O)C2C3. The van der Waals surface area contributed by atoms with Crippen molar-refractivity contribution >= 4 is 17.9 Å². The Kier molecular flexibility index (Phi) is 3.34. The molecule has 1 saturated heterocycles. The maximum atomic E-state index is 12.2. The molecule has 0 aromatic heterocycles. The van der Waals surface area contributed by atoms with E-state index in [1.54, 1.807) is 0 Å². The Bertz CT molecular complexity index is 591. The van der Waals surface area contributed by atoms with Crippen LogP contribution >= 0.6 is 0 Å². The minimum atomic E-state index is -0.847. The molecule has 0 spiro atoms. The summed E-state index contributed by atoms with van der Waals surface area (Å²) in [7, 11) is 0. The molecular formula is C16H18O6. The Morgan fingerprint density at radius 1 is 1.32 bits per heavy atom. The van der Waals surface area contributed by atoms with Gasteiger partial charge in [0.05, 0.1) is 5.57 Å². The van der Waals surface area contributed by atoms with E-state index < -0.39 is 17.5 Å². The van der Waals surface area contributed by atoms with Gasteiger partial charge in [0.15, 0.2) is 5.60 Å². The summed E-state index contributed by atoms with van der Waals surface area (Å²) in [6.45, 7) is 8.30. The maximum absolute atomic E-state index is 12.2. The highest BCUT2D eigenvalue weighted by Crippen LogP contribution is 2.59. The number of carbonyl (C=O) groups excluding carboxylic acids is 3. The number of ether oxygens (including phenoxy) is 3. The first-order chi connectivity index (χ1) is 10.3. The van der Waals surface area contributed by atoms with Gasteiger partial charge in [-0.2, -0.15) is 0 Å². The quantitative estimate of drug-likeness (QED) is 0.433. The standard InChI is InChI=1S/C16H18O6/c1-8(2)13(17)20-7-9(3)14(18)22-16-6-10-4-11(16)15(19)21-12(16)5-10/h10-12H,1,3-7H2,2H3. The van der Waals surface area contributed by atoms with Gasteiger partial charge in [-0.1, -0.05) is 13.2 Å². The third-order valence-electron chi connectivity index (χ3n) is 4.70. The normalized spacial score (nSPS) is 34.2. The predicted molar refractivity (Wildman–Crippen MR) is 74.4 cm³/mol. The Hall–Kier alpha value is -2.11. The smallest absolute Gasteiger partial charge is 0.337 e. The molecule has 6 nitrogen and oxygen atoms in total. The summed E-state index contributed by atoms with van der Waals surface area (Å²) in [5.74, 6) is -1.52. The second-order valence-corrected chi connectivity index (χ2v) is 6.32. The molecule has 4 atom stereocenters. The average Bonchev–Trinajstić information content (AvgIpc) is 2.99. The molecule has 6 heteroatoms. The lowest BCUT2D eigenvalue weighted by molar-refractivity contribution is -0.162. The highest BCUT2D eigenvalue weighted by atomic mass is 16.6. The monoisotopic (exact) mass is 306 g/mol. The number of carbonyl (C=O) groups is 3. The Labute approximate surface area is 128 Å². The molecule has 0 amide bonds. The van der Waals surface area contributed by atoms with Crippen LogP contribution in [0, 0.1) is 11.8 Å². The van der Waals surface area contributed by atoms with Crippen molar-refractivity contribution in [2.24, 2.45) is 11.8 Å². The number of fused-ring (bicyclic) bond motifs is 1. The molecule has 22 heavy (non-hydrogen) atoms. The minimum Gasteiger partial charge on any atom is -0.458 e. The number of esters is 3. The van der Waals surface area contributed by atoms with Crippen LogP contribution in [0.25, 0.3) is 0 Å². The third kappa shape index (κ3) is 2.14. The second-order valence-electron chi connectivity index (χ2n) is 6.32. The van der Waals surface area contributed by atoms with Crippen molar-refractivity contribution < 1.29 is 28.6 Å². The molecule has 2 bridgehead atoms. The van der Waals surface area contributed by atoms with Crippen LogP contribution in [0.4, 0.5) is 0 Å². The molecule has 3 rings (SSSR count). The lowest BCUT2D eigenvalue weighted by Gasteiger charge is -2.29. The zero-order valence-corrected chi connectivity index (χ0v) is 12.4. The van der Waals surface area contributed by atoms with Crippen molar-refractivity contribution in [1.82, 2.24) is 0 Å². The zero-order valence-electron chi connectivity index (χ0n) is 12.4. The van der Waals surface area contributed by atoms with E-state index in [1.165, 1.54) is 6.92 Å². The first kappa shape index (κ1) is 14.8. The van der Waals surface area contributed by atoms with E-state index in [0.29, 0.717) is 18.8 Å². The maximum Gasteiger partial charge on any atom is 0.337 e. The van der Waals surface area contributed by atoms with Crippen molar-refractivity contribution in [2.45, 2.75) is 37.9 Å². The van der Waals surface area contributed by atoms with Crippen molar-refractivity contribution in [3.63, 3.8) is 0 Å². The Balaban J connectivity index is 1.63. The number of hydrogen-bond donors (Lipinski definition) is 0. The fourth-order valence-corrected chi connectivity index (χ4v) is 3.67. The molecule has 2 aliphatic carbocycles. The van der Waals surface area contributed by atoms with Gasteiger partial charge in [-0.05, 0) is 32.1 Å². The third-order valence-corrected chi connectivity index (χ3v) is 4.70. The van der Waals surface area contributed by atoms with Gasteiger partial charge in [-0.15, -0.1) is 0 Å². The lowest BCUT2D eigenvalue weighted by Crippen LogP contribution is -2.44. The van der Waals surface area contributed by atoms with Gasteiger partial charge >= 0.3 is 17.9 Å². The molecule has 0 aromatic rings. The van der Waals surface area contributed by atoms with Gasteiger partial charge in [0.25, 0.3) is 0 Å².